The molecule has 2 aromatic carbocycles. The summed E-state index contributed by atoms with van der Waals surface area (Å²) in [5.74, 6) is 0.0307. The van der Waals surface area contributed by atoms with Crippen molar-refractivity contribution in [3.8, 4) is 5.75 Å². The summed E-state index contributed by atoms with van der Waals surface area (Å²) < 4.78 is 31.3. The van der Waals surface area contributed by atoms with Crippen molar-refractivity contribution in [2.45, 2.75) is 64.9 Å². The summed E-state index contributed by atoms with van der Waals surface area (Å²) >= 11 is 6.18. The van der Waals surface area contributed by atoms with Gasteiger partial charge in [-0.1, -0.05) is 32.4 Å². The van der Waals surface area contributed by atoms with E-state index >= 15 is 0 Å². The topological polar surface area (TPSA) is 92.8 Å². The molecular weight excluding hydrogens is 464 g/mol. The minimum absolute atomic E-state index is 0.0123. The van der Waals surface area contributed by atoms with E-state index in [1.807, 2.05) is 27.7 Å². The Labute approximate surface area is 201 Å². The van der Waals surface area contributed by atoms with Gasteiger partial charge in [0, 0.05) is 42.2 Å². The monoisotopic (exact) mass is 494 g/mol. The van der Waals surface area contributed by atoms with Crippen molar-refractivity contribution in [3.63, 3.8) is 0 Å². The van der Waals surface area contributed by atoms with E-state index in [1.165, 1.54) is 37.3 Å². The second-order valence-electron chi connectivity index (χ2n) is 8.37. The van der Waals surface area contributed by atoms with Crippen molar-refractivity contribution in [2.75, 3.05) is 5.32 Å². The number of benzene rings is 2. The van der Waals surface area contributed by atoms with Crippen LogP contribution >= 0.6 is 11.6 Å². The molecule has 180 valence electrons. The minimum Gasteiger partial charge on any atom is -0.379 e. The molecule has 1 atom stereocenters. The lowest BCUT2D eigenvalue weighted by molar-refractivity contribution is -0.134. The van der Waals surface area contributed by atoms with Crippen LogP contribution in [0.4, 0.5) is 5.69 Å². The molecular formula is C24H31ClN2O5S. The first-order chi connectivity index (χ1) is 15.4. The predicted octanol–water partition coefficient (Wildman–Crippen LogP) is 5.24. The molecule has 7 nitrogen and oxygen atoms in total. The van der Waals surface area contributed by atoms with Gasteiger partial charge in [-0.25, -0.2) is 0 Å². The summed E-state index contributed by atoms with van der Waals surface area (Å²) in [5, 5.41) is 3.00. The van der Waals surface area contributed by atoms with Gasteiger partial charge in [0.25, 0.3) is 0 Å². The molecule has 1 N–H and O–H groups in total. The fourth-order valence-corrected chi connectivity index (χ4v) is 4.35. The number of nitrogens with one attached hydrogen (secondary N) is 1. The molecule has 0 radical (unpaired) electrons. The van der Waals surface area contributed by atoms with Crippen LogP contribution in [-0.4, -0.2) is 31.2 Å². The van der Waals surface area contributed by atoms with Gasteiger partial charge in [-0.2, -0.15) is 8.42 Å². The van der Waals surface area contributed by atoms with Gasteiger partial charge < -0.3 is 14.4 Å². The molecule has 2 rings (SSSR count). The maximum atomic E-state index is 12.9. The Kier molecular flexibility index (Phi) is 9.31. The number of carbonyl (C=O) groups is 2. The molecule has 33 heavy (non-hydrogen) atoms. The van der Waals surface area contributed by atoms with Crippen molar-refractivity contribution in [2.24, 2.45) is 5.92 Å². The molecule has 0 bridgehead atoms. The molecule has 0 aliphatic heterocycles. The third-order valence-corrected chi connectivity index (χ3v) is 6.54. The first-order valence-electron chi connectivity index (χ1n) is 10.8. The maximum Gasteiger partial charge on any atom is 0.339 e. The molecule has 2 amide bonds. The van der Waals surface area contributed by atoms with E-state index in [4.69, 9.17) is 15.8 Å². The Morgan fingerprint density at radius 2 is 1.73 bits per heavy atom. The first kappa shape index (κ1) is 26.7. The van der Waals surface area contributed by atoms with Gasteiger partial charge in [-0.05, 0) is 61.7 Å². The number of anilines is 1. The van der Waals surface area contributed by atoms with Crippen molar-refractivity contribution in [1.29, 1.82) is 0 Å². The van der Waals surface area contributed by atoms with Gasteiger partial charge in [0.15, 0.2) is 0 Å². The molecule has 9 heteroatoms. The molecule has 0 spiro atoms. The zero-order valence-corrected chi connectivity index (χ0v) is 21.2. The second-order valence-corrected chi connectivity index (χ2v) is 10.4. The summed E-state index contributed by atoms with van der Waals surface area (Å²) in [6.07, 6.45) is 1.14. The van der Waals surface area contributed by atoms with Crippen LogP contribution in [0.25, 0.3) is 0 Å². The SMILES string of the molecule is CC[C@H](C)N(Cc1cc(Cl)ccc1OS(=O)(=O)c1ccc(NC(C)=O)cc1)C(=O)CC(C)C. The summed E-state index contributed by atoms with van der Waals surface area (Å²) in [6, 6.07) is 10.3. The van der Waals surface area contributed by atoms with Crippen LogP contribution in [0.5, 0.6) is 5.75 Å². The van der Waals surface area contributed by atoms with E-state index in [0.717, 1.165) is 6.42 Å². The van der Waals surface area contributed by atoms with Gasteiger partial charge in [0.1, 0.15) is 10.6 Å². The summed E-state index contributed by atoms with van der Waals surface area (Å²) in [6.45, 7) is 9.44. The molecule has 0 heterocycles. The van der Waals surface area contributed by atoms with Crippen molar-refractivity contribution >= 4 is 39.2 Å². The summed E-state index contributed by atoms with van der Waals surface area (Å²) in [7, 11) is -4.15. The first-order valence-corrected chi connectivity index (χ1v) is 12.6. The Morgan fingerprint density at radius 3 is 2.27 bits per heavy atom. The number of halogens is 1. The Hall–Kier alpha value is -2.58. The van der Waals surface area contributed by atoms with E-state index < -0.39 is 10.1 Å². The molecule has 0 saturated carbocycles. The van der Waals surface area contributed by atoms with Crippen molar-refractivity contribution < 1.29 is 22.2 Å². The van der Waals surface area contributed by atoms with E-state index in [2.05, 4.69) is 5.32 Å². The number of carbonyl (C=O) groups excluding carboxylic acids is 2. The zero-order chi connectivity index (χ0) is 24.8. The number of amides is 2. The van der Waals surface area contributed by atoms with Crippen molar-refractivity contribution in [1.82, 2.24) is 4.90 Å². The predicted molar refractivity (Wildman–Crippen MR) is 130 cm³/mol. The summed E-state index contributed by atoms with van der Waals surface area (Å²) in [5.41, 5.74) is 0.972. The number of hydrogen-bond donors (Lipinski definition) is 1. The molecule has 0 saturated heterocycles. The summed E-state index contributed by atoms with van der Waals surface area (Å²) in [4.78, 5) is 25.7. The molecule has 0 aliphatic carbocycles. The van der Waals surface area contributed by atoms with Gasteiger partial charge in [0.2, 0.25) is 11.8 Å². The standard InChI is InChI=1S/C24H31ClN2O5S/c1-6-17(4)27(24(29)13-16(2)3)15-19-14-20(25)7-12-23(19)32-33(30,31)22-10-8-21(9-11-22)26-18(5)28/h7-12,14,16-17H,6,13,15H2,1-5H3,(H,26,28)/t17-/m0/s1. The van der Waals surface area contributed by atoms with E-state index in [-0.39, 0.29) is 41.0 Å². The lowest BCUT2D eigenvalue weighted by Crippen LogP contribution is -2.38. The molecule has 0 aliphatic rings. The highest BCUT2D eigenvalue weighted by atomic mass is 35.5. The molecule has 2 aromatic rings. The Bertz CT molecular complexity index is 1080. The van der Waals surface area contributed by atoms with Crippen LogP contribution in [0.3, 0.4) is 0 Å². The smallest absolute Gasteiger partial charge is 0.339 e. The third-order valence-electron chi connectivity index (χ3n) is 5.05. The van der Waals surface area contributed by atoms with Gasteiger partial charge in [0.05, 0.1) is 0 Å². The number of hydrogen-bond acceptors (Lipinski definition) is 5. The van der Waals surface area contributed by atoms with Gasteiger partial charge in [-0.3, -0.25) is 9.59 Å². The quantitative estimate of drug-likeness (QED) is 0.456. The fourth-order valence-electron chi connectivity index (χ4n) is 3.19. The third kappa shape index (κ3) is 7.75. The normalized spacial score (nSPS) is 12.3. The average molecular weight is 495 g/mol. The highest BCUT2D eigenvalue weighted by Gasteiger charge is 2.24. The van der Waals surface area contributed by atoms with Crippen LogP contribution in [0, 0.1) is 5.92 Å². The average Bonchev–Trinajstić information content (AvgIpc) is 2.72. The maximum absolute atomic E-state index is 12.9. The van der Waals surface area contributed by atoms with Crippen LogP contribution in [0.15, 0.2) is 47.4 Å². The Balaban J connectivity index is 2.34. The van der Waals surface area contributed by atoms with E-state index in [1.54, 1.807) is 17.0 Å². The largest absolute Gasteiger partial charge is 0.379 e. The highest BCUT2D eigenvalue weighted by Crippen LogP contribution is 2.29. The molecule has 0 fully saturated rings. The van der Waals surface area contributed by atoms with Gasteiger partial charge >= 0.3 is 10.1 Å². The number of nitrogens with zero attached hydrogens (tertiary/aromatic N) is 1. The second kappa shape index (κ2) is 11.5. The van der Waals surface area contributed by atoms with Crippen LogP contribution in [-0.2, 0) is 26.3 Å². The minimum atomic E-state index is -4.15. The van der Waals surface area contributed by atoms with Crippen LogP contribution < -0.4 is 9.50 Å². The highest BCUT2D eigenvalue weighted by molar-refractivity contribution is 7.87. The van der Waals surface area contributed by atoms with Crippen LogP contribution in [0.2, 0.25) is 5.02 Å². The number of rotatable bonds is 10. The lowest BCUT2D eigenvalue weighted by Gasteiger charge is -2.30. The fraction of sp³-hybridized carbons (Fsp3) is 0.417. The van der Waals surface area contributed by atoms with Crippen molar-refractivity contribution in [3.05, 3.63) is 53.1 Å². The van der Waals surface area contributed by atoms with Gasteiger partial charge in [-0.15, -0.1) is 0 Å². The van der Waals surface area contributed by atoms with Crippen LogP contribution in [0.1, 0.15) is 53.0 Å². The lowest BCUT2D eigenvalue weighted by atomic mass is 10.1. The zero-order valence-electron chi connectivity index (χ0n) is 19.6. The molecule has 0 unspecified atom stereocenters. The van der Waals surface area contributed by atoms with E-state index in [0.29, 0.717) is 22.7 Å². The van der Waals surface area contributed by atoms with E-state index in [9.17, 15) is 18.0 Å². The Morgan fingerprint density at radius 1 is 1.09 bits per heavy atom. The molecule has 0 aromatic heterocycles.